The van der Waals surface area contributed by atoms with Crippen molar-refractivity contribution in [1.29, 1.82) is 0 Å². The predicted molar refractivity (Wildman–Crippen MR) is 135 cm³/mol. The van der Waals surface area contributed by atoms with Crippen molar-refractivity contribution >= 4 is 35.8 Å². The summed E-state index contributed by atoms with van der Waals surface area (Å²) in [7, 11) is 0. The number of carboxylic acid groups (broad SMARTS) is 3. The van der Waals surface area contributed by atoms with Gasteiger partial charge in [0, 0.05) is 17.8 Å². The maximum atomic E-state index is 12.8. The van der Waals surface area contributed by atoms with Gasteiger partial charge in [0.1, 0.15) is 18.3 Å². The molecule has 0 spiro atoms. The summed E-state index contributed by atoms with van der Waals surface area (Å²) in [6, 6.07) is 0. The molecular formula is C28H38O13. The predicted octanol–water partition coefficient (Wildman–Crippen LogP) is 1.77. The van der Waals surface area contributed by atoms with Crippen LogP contribution in [-0.4, -0.2) is 80.7 Å². The van der Waals surface area contributed by atoms with Crippen LogP contribution in [0.25, 0.3) is 0 Å². The SMILES string of the molecule is O=C(O)CCC(=O)O[C@H]1CC[C@H]2[C@@H]1CC[C@@H]2OC(=O)CC(C(=O)O)C(CC(=O)O[C@@H]1CC[C@H]2[C@@H]1CC[C@H]2O)C(=O)O. The molecule has 0 amide bonds. The number of ether oxygens (including phenoxy) is 3. The minimum absolute atomic E-state index is 0.00108. The molecule has 2 unspecified atom stereocenters. The lowest BCUT2D eigenvalue weighted by Crippen LogP contribution is -2.36. The lowest BCUT2D eigenvalue weighted by molar-refractivity contribution is -0.166. The van der Waals surface area contributed by atoms with Gasteiger partial charge in [-0.15, -0.1) is 0 Å². The molecule has 0 heterocycles. The van der Waals surface area contributed by atoms with E-state index in [0.29, 0.717) is 51.4 Å². The fourth-order valence-corrected chi connectivity index (χ4v) is 7.48. The minimum atomic E-state index is -1.71. The van der Waals surface area contributed by atoms with Crippen LogP contribution in [0.1, 0.15) is 77.0 Å². The van der Waals surface area contributed by atoms with E-state index in [1.807, 2.05) is 0 Å². The molecule has 4 aliphatic carbocycles. The molecular weight excluding hydrogens is 544 g/mol. The Bertz CT molecular complexity index is 1040. The van der Waals surface area contributed by atoms with Crippen LogP contribution in [0.3, 0.4) is 0 Å². The number of hydrogen-bond donors (Lipinski definition) is 4. The van der Waals surface area contributed by atoms with Crippen LogP contribution in [-0.2, 0) is 43.0 Å². The third-order valence-electron chi connectivity index (χ3n) is 9.46. The van der Waals surface area contributed by atoms with Crippen LogP contribution >= 0.6 is 0 Å². The lowest BCUT2D eigenvalue weighted by atomic mass is 9.86. The van der Waals surface area contributed by atoms with Gasteiger partial charge in [-0.25, -0.2) is 0 Å². The van der Waals surface area contributed by atoms with Gasteiger partial charge in [-0.1, -0.05) is 0 Å². The molecule has 4 N–H and O–H groups in total. The molecule has 4 rings (SSSR count). The maximum Gasteiger partial charge on any atom is 0.307 e. The van der Waals surface area contributed by atoms with Gasteiger partial charge in [0.25, 0.3) is 0 Å². The topological polar surface area (TPSA) is 211 Å². The first-order chi connectivity index (χ1) is 19.4. The van der Waals surface area contributed by atoms with E-state index in [4.69, 9.17) is 19.3 Å². The molecule has 0 aliphatic heterocycles. The maximum absolute atomic E-state index is 12.8. The van der Waals surface area contributed by atoms with Crippen molar-refractivity contribution in [3.05, 3.63) is 0 Å². The van der Waals surface area contributed by atoms with Gasteiger partial charge in [-0.05, 0) is 57.3 Å². The number of carbonyl (C=O) groups excluding carboxylic acids is 3. The highest BCUT2D eigenvalue weighted by Crippen LogP contribution is 2.47. The Hall–Kier alpha value is -3.22. The van der Waals surface area contributed by atoms with Gasteiger partial charge in [-0.2, -0.15) is 0 Å². The number of aliphatic hydroxyl groups excluding tert-OH is 1. The number of rotatable bonds is 13. The van der Waals surface area contributed by atoms with Crippen LogP contribution in [0.4, 0.5) is 0 Å². The van der Waals surface area contributed by atoms with Crippen molar-refractivity contribution in [1.82, 2.24) is 0 Å². The Kier molecular flexibility index (Phi) is 9.88. The zero-order valence-corrected chi connectivity index (χ0v) is 22.7. The number of aliphatic hydroxyl groups is 1. The number of fused-ring (bicyclic) bond motifs is 2. The summed E-state index contributed by atoms with van der Waals surface area (Å²) >= 11 is 0. The first-order valence-electron chi connectivity index (χ1n) is 14.4. The highest BCUT2D eigenvalue weighted by atomic mass is 16.6. The first kappa shape index (κ1) is 30.7. The minimum Gasteiger partial charge on any atom is -0.481 e. The Morgan fingerprint density at radius 3 is 1.37 bits per heavy atom. The molecule has 0 aromatic heterocycles. The fourth-order valence-electron chi connectivity index (χ4n) is 7.48. The van der Waals surface area contributed by atoms with Crippen LogP contribution in [0.2, 0.25) is 0 Å². The molecule has 4 fully saturated rings. The Balaban J connectivity index is 1.29. The van der Waals surface area contributed by atoms with Gasteiger partial charge in [0.2, 0.25) is 0 Å². The third-order valence-corrected chi connectivity index (χ3v) is 9.46. The second kappa shape index (κ2) is 13.2. The third kappa shape index (κ3) is 7.35. The lowest BCUT2D eigenvalue weighted by Gasteiger charge is -2.24. The van der Waals surface area contributed by atoms with Crippen molar-refractivity contribution in [2.75, 3.05) is 0 Å². The Morgan fingerprint density at radius 1 is 0.537 bits per heavy atom. The van der Waals surface area contributed by atoms with E-state index in [-0.39, 0.29) is 36.5 Å². The van der Waals surface area contributed by atoms with Crippen molar-refractivity contribution in [2.45, 2.75) is 101 Å². The van der Waals surface area contributed by atoms with Gasteiger partial charge in [0.15, 0.2) is 0 Å². The van der Waals surface area contributed by atoms with Crippen LogP contribution in [0.15, 0.2) is 0 Å². The van der Waals surface area contributed by atoms with Gasteiger partial charge >= 0.3 is 35.8 Å². The van der Waals surface area contributed by atoms with Gasteiger partial charge in [0.05, 0.1) is 43.6 Å². The molecule has 13 nitrogen and oxygen atoms in total. The summed E-state index contributed by atoms with van der Waals surface area (Å²) in [4.78, 5) is 72.1. The average molecular weight is 583 g/mol. The van der Waals surface area contributed by atoms with E-state index in [1.165, 1.54) is 0 Å². The van der Waals surface area contributed by atoms with E-state index < -0.39 is 84.9 Å². The molecule has 0 saturated heterocycles. The molecule has 228 valence electrons. The highest BCUT2D eigenvalue weighted by molar-refractivity contribution is 5.87. The summed E-state index contributed by atoms with van der Waals surface area (Å²) in [5.74, 6) is -10.1. The number of carboxylic acids is 3. The molecule has 13 heteroatoms. The smallest absolute Gasteiger partial charge is 0.307 e. The number of hydrogen-bond acceptors (Lipinski definition) is 10. The molecule has 4 saturated carbocycles. The quantitative estimate of drug-likeness (QED) is 0.180. The fraction of sp³-hybridized carbons (Fsp3) is 0.786. The molecule has 10 atom stereocenters. The van der Waals surface area contributed by atoms with E-state index in [1.54, 1.807) is 0 Å². The molecule has 0 radical (unpaired) electrons. The second-order valence-electron chi connectivity index (χ2n) is 11.8. The molecule has 0 bridgehead atoms. The summed E-state index contributed by atoms with van der Waals surface area (Å²) in [6.45, 7) is 0. The van der Waals surface area contributed by atoms with Gasteiger partial charge in [-0.3, -0.25) is 28.8 Å². The van der Waals surface area contributed by atoms with E-state index in [0.717, 1.165) is 0 Å². The average Bonchev–Trinajstić information content (AvgIpc) is 3.66. The number of carbonyl (C=O) groups is 6. The van der Waals surface area contributed by atoms with E-state index in [9.17, 15) is 44.1 Å². The normalized spacial score (nSPS) is 33.3. The van der Waals surface area contributed by atoms with Crippen LogP contribution in [0, 0.1) is 35.5 Å². The Labute approximate surface area is 236 Å². The number of aliphatic carboxylic acids is 3. The van der Waals surface area contributed by atoms with Crippen molar-refractivity contribution in [3.63, 3.8) is 0 Å². The highest BCUT2D eigenvalue weighted by Gasteiger charge is 2.49. The summed E-state index contributed by atoms with van der Waals surface area (Å²) in [6.07, 6.45) is 0.915. The summed E-state index contributed by atoms with van der Waals surface area (Å²) < 4.78 is 16.6. The molecule has 0 aromatic rings. The van der Waals surface area contributed by atoms with Crippen molar-refractivity contribution in [2.24, 2.45) is 35.5 Å². The standard InChI is InChI=1S/C28H38O13/c29-19-5-1-14-13(19)2-6-20(14)40-25(33)11-17(27(35)36)18(28(37)38)12-26(34)41-22-8-4-15-16(22)3-7-21(15)39-24(32)10-9-23(30)31/h13-22,29H,1-12H2,(H,30,31)(H,35,36)(H,37,38)/t13-,14-,15-,16-,17?,18?,19+,20+,21-,22-/m0/s1. The Morgan fingerprint density at radius 2 is 0.927 bits per heavy atom. The molecule has 4 aliphatic rings. The van der Waals surface area contributed by atoms with Crippen LogP contribution < -0.4 is 0 Å². The van der Waals surface area contributed by atoms with Crippen molar-refractivity contribution in [3.8, 4) is 0 Å². The monoisotopic (exact) mass is 582 g/mol. The van der Waals surface area contributed by atoms with E-state index in [2.05, 4.69) is 0 Å². The first-order valence-corrected chi connectivity index (χ1v) is 14.4. The van der Waals surface area contributed by atoms with Gasteiger partial charge < -0.3 is 34.6 Å². The van der Waals surface area contributed by atoms with Crippen LogP contribution in [0.5, 0.6) is 0 Å². The zero-order chi connectivity index (χ0) is 29.8. The largest absolute Gasteiger partial charge is 0.481 e. The molecule has 0 aromatic carbocycles. The molecule has 41 heavy (non-hydrogen) atoms. The van der Waals surface area contributed by atoms with Crippen molar-refractivity contribution < 1.29 is 63.4 Å². The zero-order valence-electron chi connectivity index (χ0n) is 22.7. The second-order valence-corrected chi connectivity index (χ2v) is 11.8. The van der Waals surface area contributed by atoms with E-state index >= 15 is 0 Å². The summed E-state index contributed by atoms with van der Waals surface area (Å²) in [5.41, 5.74) is 0. The number of esters is 3. The summed E-state index contributed by atoms with van der Waals surface area (Å²) in [5, 5.41) is 38.3.